The van der Waals surface area contributed by atoms with Crippen molar-refractivity contribution in [2.45, 2.75) is 12.6 Å². The highest BCUT2D eigenvalue weighted by molar-refractivity contribution is 7.13. The van der Waals surface area contributed by atoms with Crippen molar-refractivity contribution in [2.75, 3.05) is 10.6 Å². The first-order chi connectivity index (χ1) is 13.7. The third kappa shape index (κ3) is 5.55. The van der Waals surface area contributed by atoms with Gasteiger partial charge in [-0.25, -0.2) is 4.98 Å². The van der Waals surface area contributed by atoms with E-state index in [0.717, 1.165) is 12.1 Å². The van der Waals surface area contributed by atoms with Crippen molar-refractivity contribution >= 4 is 39.7 Å². The Kier molecular flexibility index (Phi) is 5.83. The molecule has 1 aromatic heterocycles. The zero-order valence-electron chi connectivity index (χ0n) is 14.8. The van der Waals surface area contributed by atoms with Gasteiger partial charge in [0, 0.05) is 22.3 Å². The van der Waals surface area contributed by atoms with Gasteiger partial charge in [-0.1, -0.05) is 6.07 Å². The Morgan fingerprint density at radius 1 is 1.07 bits per heavy atom. The molecule has 2 aromatic carbocycles. The van der Waals surface area contributed by atoms with Crippen LogP contribution in [0.15, 0.2) is 53.9 Å². The van der Waals surface area contributed by atoms with Crippen LogP contribution in [-0.4, -0.2) is 16.8 Å². The smallest absolute Gasteiger partial charge is 0.366 e. The van der Waals surface area contributed by atoms with Crippen LogP contribution in [0, 0.1) is 0 Å². The molecule has 1 heterocycles. The summed E-state index contributed by atoms with van der Waals surface area (Å²) in [6, 6.07) is 10.9. The van der Waals surface area contributed by atoms with E-state index in [2.05, 4.69) is 15.6 Å². The molecule has 0 aliphatic heterocycles. The summed E-state index contributed by atoms with van der Waals surface area (Å²) in [5, 5.41) is 7.49. The van der Waals surface area contributed by atoms with Gasteiger partial charge in [-0.05, 0) is 42.5 Å². The Morgan fingerprint density at radius 3 is 2.45 bits per heavy atom. The lowest BCUT2D eigenvalue weighted by atomic mass is 10.2. The number of aromatic nitrogens is 1. The third-order valence-corrected chi connectivity index (χ3v) is 4.59. The summed E-state index contributed by atoms with van der Waals surface area (Å²) in [5.74, 6) is -0.890. The molecular formula is C19H15F3N4O2S. The Balaban J connectivity index is 1.60. The SMILES string of the molecule is NC(=O)c1ccc(NC(=O)Cc2csc(Nc3cccc(C(F)(F)F)c3)n2)cc1. The van der Waals surface area contributed by atoms with Gasteiger partial charge < -0.3 is 16.4 Å². The number of halogens is 3. The minimum atomic E-state index is -4.43. The van der Waals surface area contributed by atoms with Crippen molar-refractivity contribution in [3.63, 3.8) is 0 Å². The van der Waals surface area contributed by atoms with E-state index >= 15 is 0 Å². The lowest BCUT2D eigenvalue weighted by molar-refractivity contribution is -0.137. The van der Waals surface area contributed by atoms with Gasteiger partial charge in [0.25, 0.3) is 0 Å². The van der Waals surface area contributed by atoms with Gasteiger partial charge in [0.15, 0.2) is 5.13 Å². The van der Waals surface area contributed by atoms with E-state index in [4.69, 9.17) is 5.73 Å². The number of carbonyl (C=O) groups is 2. The highest BCUT2D eigenvalue weighted by Gasteiger charge is 2.30. The molecule has 0 radical (unpaired) electrons. The maximum absolute atomic E-state index is 12.8. The molecular weight excluding hydrogens is 405 g/mol. The first kappa shape index (κ1) is 20.3. The standard InChI is InChI=1S/C19H15F3N4O2S/c20-19(21,22)12-2-1-3-14(8-12)25-18-26-15(10-29-18)9-16(27)24-13-6-4-11(5-7-13)17(23)28/h1-8,10H,9H2,(H2,23,28)(H,24,27)(H,25,26). The van der Waals surface area contributed by atoms with Crippen molar-refractivity contribution in [3.8, 4) is 0 Å². The van der Waals surface area contributed by atoms with Crippen LogP contribution in [0.5, 0.6) is 0 Å². The summed E-state index contributed by atoms with van der Waals surface area (Å²) in [6.07, 6.45) is -4.45. The molecule has 0 saturated heterocycles. The minimum absolute atomic E-state index is 0.0155. The van der Waals surface area contributed by atoms with Crippen LogP contribution in [0.1, 0.15) is 21.6 Å². The van der Waals surface area contributed by atoms with Gasteiger partial charge in [-0.3, -0.25) is 9.59 Å². The predicted octanol–water partition coefficient (Wildman–Crippen LogP) is 4.19. The van der Waals surface area contributed by atoms with Crippen molar-refractivity contribution in [1.82, 2.24) is 4.98 Å². The first-order valence-corrected chi connectivity index (χ1v) is 9.17. The van der Waals surface area contributed by atoms with Crippen LogP contribution in [0.3, 0.4) is 0 Å². The number of hydrogen-bond donors (Lipinski definition) is 3. The van der Waals surface area contributed by atoms with Crippen LogP contribution < -0.4 is 16.4 Å². The van der Waals surface area contributed by atoms with E-state index in [-0.39, 0.29) is 18.0 Å². The number of nitrogens with one attached hydrogen (secondary N) is 2. The second-order valence-electron chi connectivity index (χ2n) is 6.01. The lowest BCUT2D eigenvalue weighted by Crippen LogP contribution is -2.15. The molecule has 0 unspecified atom stereocenters. The number of amides is 2. The van der Waals surface area contributed by atoms with Crippen molar-refractivity contribution in [3.05, 3.63) is 70.7 Å². The molecule has 0 aliphatic carbocycles. The molecule has 0 spiro atoms. The summed E-state index contributed by atoms with van der Waals surface area (Å²) >= 11 is 1.18. The number of nitrogens with zero attached hydrogens (tertiary/aromatic N) is 1. The molecule has 0 bridgehead atoms. The molecule has 6 nitrogen and oxygen atoms in total. The van der Waals surface area contributed by atoms with Gasteiger partial charge in [0.05, 0.1) is 17.7 Å². The van der Waals surface area contributed by atoms with Crippen molar-refractivity contribution < 1.29 is 22.8 Å². The van der Waals surface area contributed by atoms with E-state index in [1.807, 2.05) is 0 Å². The van der Waals surface area contributed by atoms with Gasteiger partial charge >= 0.3 is 6.18 Å². The fourth-order valence-electron chi connectivity index (χ4n) is 2.43. The van der Waals surface area contributed by atoms with Crippen LogP contribution in [-0.2, 0) is 17.4 Å². The van der Waals surface area contributed by atoms with Gasteiger partial charge in [-0.2, -0.15) is 13.2 Å². The predicted molar refractivity (Wildman–Crippen MR) is 104 cm³/mol. The lowest BCUT2D eigenvalue weighted by Gasteiger charge is -2.09. The van der Waals surface area contributed by atoms with Crippen LogP contribution in [0.4, 0.5) is 29.7 Å². The number of alkyl halides is 3. The maximum atomic E-state index is 12.8. The monoisotopic (exact) mass is 420 g/mol. The second kappa shape index (κ2) is 8.31. The molecule has 0 fully saturated rings. The number of rotatable bonds is 6. The molecule has 3 aromatic rings. The Labute approximate surface area is 167 Å². The first-order valence-electron chi connectivity index (χ1n) is 8.29. The number of nitrogens with two attached hydrogens (primary N) is 1. The molecule has 150 valence electrons. The molecule has 29 heavy (non-hydrogen) atoms. The molecule has 2 amide bonds. The Morgan fingerprint density at radius 2 is 1.79 bits per heavy atom. The fraction of sp³-hybridized carbons (Fsp3) is 0.105. The van der Waals surface area contributed by atoms with Gasteiger partial charge in [0.1, 0.15) is 0 Å². The van der Waals surface area contributed by atoms with E-state index < -0.39 is 17.6 Å². The van der Waals surface area contributed by atoms with E-state index in [1.165, 1.54) is 35.6 Å². The molecule has 0 aliphatic rings. The topological polar surface area (TPSA) is 97.1 Å². The Bertz CT molecular complexity index is 1030. The molecule has 3 rings (SSSR count). The molecule has 0 atom stereocenters. The third-order valence-electron chi connectivity index (χ3n) is 3.79. The van der Waals surface area contributed by atoms with Gasteiger partial charge in [-0.15, -0.1) is 11.3 Å². The number of anilines is 3. The van der Waals surface area contributed by atoms with Crippen LogP contribution in [0.25, 0.3) is 0 Å². The number of primary amides is 1. The molecule has 10 heteroatoms. The number of hydrogen-bond acceptors (Lipinski definition) is 5. The summed E-state index contributed by atoms with van der Waals surface area (Å²) < 4.78 is 38.4. The van der Waals surface area contributed by atoms with Crippen molar-refractivity contribution in [2.24, 2.45) is 5.73 Å². The minimum Gasteiger partial charge on any atom is -0.366 e. The molecule has 4 N–H and O–H groups in total. The Hall–Kier alpha value is -3.40. The quantitative estimate of drug-likeness (QED) is 0.557. The summed E-state index contributed by atoms with van der Waals surface area (Å²) in [6.45, 7) is 0. The maximum Gasteiger partial charge on any atom is 0.416 e. The number of thiazole rings is 1. The van der Waals surface area contributed by atoms with Crippen LogP contribution >= 0.6 is 11.3 Å². The van der Waals surface area contributed by atoms with Crippen molar-refractivity contribution in [1.29, 1.82) is 0 Å². The van der Waals surface area contributed by atoms with E-state index in [1.54, 1.807) is 17.5 Å². The van der Waals surface area contributed by atoms with E-state index in [9.17, 15) is 22.8 Å². The summed E-state index contributed by atoms with van der Waals surface area (Å²) in [4.78, 5) is 27.4. The summed E-state index contributed by atoms with van der Waals surface area (Å²) in [7, 11) is 0. The van der Waals surface area contributed by atoms with Gasteiger partial charge in [0.2, 0.25) is 11.8 Å². The van der Waals surface area contributed by atoms with Crippen LogP contribution in [0.2, 0.25) is 0 Å². The second-order valence-corrected chi connectivity index (χ2v) is 6.87. The van der Waals surface area contributed by atoms with E-state index in [0.29, 0.717) is 22.1 Å². The highest BCUT2D eigenvalue weighted by atomic mass is 32.1. The molecule has 0 saturated carbocycles. The average Bonchev–Trinajstić information content (AvgIpc) is 3.08. The normalized spacial score (nSPS) is 11.1. The average molecular weight is 420 g/mol. The fourth-order valence-corrected chi connectivity index (χ4v) is 3.16. The zero-order chi connectivity index (χ0) is 21.0. The zero-order valence-corrected chi connectivity index (χ0v) is 15.6. The largest absolute Gasteiger partial charge is 0.416 e. The highest BCUT2D eigenvalue weighted by Crippen LogP contribution is 2.31. The number of carbonyl (C=O) groups excluding carboxylic acids is 2. The summed E-state index contributed by atoms with van der Waals surface area (Å²) in [5.41, 5.74) is 5.94. The number of benzene rings is 2.